The zero-order valence-corrected chi connectivity index (χ0v) is 15.6. The van der Waals surface area contributed by atoms with E-state index in [0.717, 1.165) is 30.4 Å². The van der Waals surface area contributed by atoms with E-state index in [0.29, 0.717) is 0 Å². The highest BCUT2D eigenvalue weighted by Gasteiger charge is 2.14. The molecule has 24 heavy (non-hydrogen) atoms. The second kappa shape index (κ2) is 9.46. The Labute approximate surface area is 153 Å². The minimum atomic E-state index is 0. The summed E-state index contributed by atoms with van der Waals surface area (Å²) in [6.07, 6.45) is 6.00. The van der Waals surface area contributed by atoms with Crippen molar-refractivity contribution in [3.63, 3.8) is 0 Å². The molecule has 0 aliphatic carbocycles. The lowest BCUT2D eigenvalue weighted by Gasteiger charge is -2.30. The summed E-state index contributed by atoms with van der Waals surface area (Å²) in [4.78, 5) is 0. The molecule has 0 atom stereocenters. The molecule has 2 aromatic rings. The molecule has 2 heteroatoms. The standard InChI is InChI=1S/C22H28N.ClH/c1-5-19-7-11-21(12-8-19)15-17-23(3,4)18-16-22-13-9-20(6-2)10-14-22;/h5-14H,1-2,15-18H2,3-4H3;1H/q+1;/p-1. The van der Waals surface area contributed by atoms with E-state index >= 15 is 0 Å². The van der Waals surface area contributed by atoms with Gasteiger partial charge in [-0.05, 0) is 22.3 Å². The second-order valence-electron chi connectivity index (χ2n) is 6.77. The molecule has 0 bridgehead atoms. The Balaban J connectivity index is 0.00000288. The van der Waals surface area contributed by atoms with Crippen LogP contribution in [0.15, 0.2) is 61.7 Å². The molecule has 128 valence electrons. The zero-order valence-electron chi connectivity index (χ0n) is 14.8. The molecule has 0 saturated heterocycles. The van der Waals surface area contributed by atoms with Crippen molar-refractivity contribution in [2.75, 3.05) is 27.2 Å². The first-order valence-electron chi connectivity index (χ1n) is 8.27. The third-order valence-electron chi connectivity index (χ3n) is 4.44. The lowest BCUT2D eigenvalue weighted by atomic mass is 10.1. The van der Waals surface area contributed by atoms with Gasteiger partial charge >= 0.3 is 0 Å². The Bertz CT molecular complexity index is 581. The lowest BCUT2D eigenvalue weighted by Crippen LogP contribution is -3.00. The minimum absolute atomic E-state index is 0. The van der Waals surface area contributed by atoms with Crippen molar-refractivity contribution in [2.45, 2.75) is 12.8 Å². The summed E-state index contributed by atoms with van der Waals surface area (Å²) in [5.74, 6) is 0. The number of benzene rings is 2. The van der Waals surface area contributed by atoms with E-state index in [2.05, 4.69) is 75.8 Å². The first kappa shape index (κ1) is 20.2. The van der Waals surface area contributed by atoms with Crippen molar-refractivity contribution in [3.8, 4) is 0 Å². The SMILES string of the molecule is C=Cc1ccc(CC[N+](C)(C)CCc2ccc(C=C)cc2)cc1.[Cl-]. The fraction of sp³-hybridized carbons (Fsp3) is 0.273. The van der Waals surface area contributed by atoms with Crippen molar-refractivity contribution in [1.29, 1.82) is 0 Å². The number of hydrogen-bond donors (Lipinski definition) is 0. The normalized spacial score (nSPS) is 10.8. The van der Waals surface area contributed by atoms with Gasteiger partial charge in [-0.25, -0.2) is 0 Å². The van der Waals surface area contributed by atoms with Crippen LogP contribution in [0.4, 0.5) is 0 Å². The molecular weight excluding hydrogens is 314 g/mol. The molecule has 0 unspecified atom stereocenters. The molecule has 0 N–H and O–H groups in total. The monoisotopic (exact) mass is 341 g/mol. The second-order valence-corrected chi connectivity index (χ2v) is 6.77. The minimum Gasteiger partial charge on any atom is -1.00 e. The van der Waals surface area contributed by atoms with Crippen LogP contribution in [0.3, 0.4) is 0 Å². The molecule has 0 aliphatic heterocycles. The number of halogens is 1. The molecule has 0 heterocycles. The summed E-state index contributed by atoms with van der Waals surface area (Å²) in [5, 5.41) is 0. The molecule has 0 saturated carbocycles. The van der Waals surface area contributed by atoms with Crippen LogP contribution in [-0.2, 0) is 12.8 Å². The molecular formula is C22H28ClN. The van der Waals surface area contributed by atoms with Crippen molar-refractivity contribution in [1.82, 2.24) is 0 Å². The Morgan fingerprint density at radius 2 is 1.04 bits per heavy atom. The van der Waals surface area contributed by atoms with Crippen molar-refractivity contribution < 1.29 is 16.9 Å². The number of rotatable bonds is 8. The highest BCUT2D eigenvalue weighted by molar-refractivity contribution is 5.47. The van der Waals surface area contributed by atoms with E-state index in [1.807, 2.05) is 12.2 Å². The van der Waals surface area contributed by atoms with Gasteiger partial charge in [0.15, 0.2) is 0 Å². The largest absolute Gasteiger partial charge is 1.00 e. The fourth-order valence-corrected chi connectivity index (χ4v) is 2.62. The molecule has 0 fully saturated rings. The van der Waals surface area contributed by atoms with E-state index in [1.165, 1.54) is 22.3 Å². The Hall–Kier alpha value is -1.83. The van der Waals surface area contributed by atoms with E-state index in [9.17, 15) is 0 Å². The maximum Gasteiger partial charge on any atom is 0.0823 e. The average molecular weight is 342 g/mol. The fourth-order valence-electron chi connectivity index (χ4n) is 2.62. The van der Waals surface area contributed by atoms with Crippen LogP contribution in [0.2, 0.25) is 0 Å². The summed E-state index contributed by atoms with van der Waals surface area (Å²) in [6.45, 7) is 9.90. The van der Waals surface area contributed by atoms with Crippen molar-refractivity contribution in [2.24, 2.45) is 0 Å². The van der Waals surface area contributed by atoms with Crippen molar-refractivity contribution >= 4 is 12.2 Å². The van der Waals surface area contributed by atoms with Gasteiger partial charge in [-0.3, -0.25) is 0 Å². The number of hydrogen-bond acceptors (Lipinski definition) is 0. The lowest BCUT2D eigenvalue weighted by molar-refractivity contribution is -0.889. The summed E-state index contributed by atoms with van der Waals surface area (Å²) in [7, 11) is 4.63. The Morgan fingerprint density at radius 3 is 1.33 bits per heavy atom. The maximum atomic E-state index is 3.80. The third kappa shape index (κ3) is 6.35. The summed E-state index contributed by atoms with van der Waals surface area (Å²) in [5.41, 5.74) is 5.17. The van der Waals surface area contributed by atoms with Crippen LogP contribution >= 0.6 is 0 Å². The topological polar surface area (TPSA) is 0 Å². The number of nitrogens with zero attached hydrogens (tertiary/aromatic N) is 1. The van der Waals surface area contributed by atoms with Crippen LogP contribution in [-0.4, -0.2) is 31.7 Å². The predicted octanol–water partition coefficient (Wildman–Crippen LogP) is 1.84. The maximum absolute atomic E-state index is 3.80. The predicted molar refractivity (Wildman–Crippen MR) is 102 cm³/mol. The van der Waals surface area contributed by atoms with Crippen LogP contribution in [0.5, 0.6) is 0 Å². The van der Waals surface area contributed by atoms with Gasteiger partial charge in [0, 0.05) is 12.8 Å². The molecule has 0 aromatic heterocycles. The Morgan fingerprint density at radius 1 is 0.708 bits per heavy atom. The Kier molecular flexibility index (Phi) is 7.97. The van der Waals surface area contributed by atoms with E-state index in [1.54, 1.807) is 0 Å². The van der Waals surface area contributed by atoms with Crippen LogP contribution in [0, 0.1) is 0 Å². The smallest absolute Gasteiger partial charge is 0.0823 e. The molecule has 2 aromatic carbocycles. The first-order chi connectivity index (χ1) is 11.0. The molecule has 2 rings (SSSR count). The number of likely N-dealkylation sites (N-methyl/N-ethyl adjacent to an activating group) is 1. The first-order valence-corrected chi connectivity index (χ1v) is 8.27. The highest BCUT2D eigenvalue weighted by atomic mass is 35.5. The molecule has 0 aliphatic rings. The molecule has 0 amide bonds. The van der Waals surface area contributed by atoms with Gasteiger partial charge in [-0.1, -0.05) is 73.8 Å². The van der Waals surface area contributed by atoms with Crippen LogP contribution in [0.25, 0.3) is 12.2 Å². The molecule has 0 spiro atoms. The van der Waals surface area contributed by atoms with Gasteiger partial charge in [-0.2, -0.15) is 0 Å². The van der Waals surface area contributed by atoms with E-state index < -0.39 is 0 Å². The van der Waals surface area contributed by atoms with Gasteiger partial charge in [0.1, 0.15) is 0 Å². The zero-order chi connectivity index (χ0) is 16.7. The van der Waals surface area contributed by atoms with E-state index in [-0.39, 0.29) is 12.4 Å². The highest BCUT2D eigenvalue weighted by Crippen LogP contribution is 2.11. The third-order valence-corrected chi connectivity index (χ3v) is 4.44. The van der Waals surface area contributed by atoms with Crippen molar-refractivity contribution in [3.05, 3.63) is 83.9 Å². The molecule has 0 radical (unpaired) electrons. The summed E-state index contributed by atoms with van der Waals surface area (Å²) < 4.78 is 1.03. The summed E-state index contributed by atoms with van der Waals surface area (Å²) >= 11 is 0. The number of quaternary nitrogens is 1. The average Bonchev–Trinajstić information content (AvgIpc) is 2.59. The molecule has 1 nitrogen and oxygen atoms in total. The summed E-state index contributed by atoms with van der Waals surface area (Å²) in [6, 6.07) is 17.4. The van der Waals surface area contributed by atoms with E-state index in [4.69, 9.17) is 0 Å². The van der Waals surface area contributed by atoms with Gasteiger partial charge < -0.3 is 16.9 Å². The van der Waals surface area contributed by atoms with Crippen LogP contribution in [0.1, 0.15) is 22.3 Å². The van der Waals surface area contributed by atoms with Gasteiger partial charge in [0.05, 0.1) is 27.2 Å². The van der Waals surface area contributed by atoms with Gasteiger partial charge in [0.2, 0.25) is 0 Å². The van der Waals surface area contributed by atoms with Gasteiger partial charge in [0.25, 0.3) is 0 Å². The van der Waals surface area contributed by atoms with Gasteiger partial charge in [-0.15, -0.1) is 0 Å². The quantitative estimate of drug-likeness (QED) is 0.643. The van der Waals surface area contributed by atoms with Crippen LogP contribution < -0.4 is 12.4 Å².